The van der Waals surface area contributed by atoms with E-state index in [0.717, 1.165) is 24.2 Å². The third-order valence-corrected chi connectivity index (χ3v) is 3.28. The van der Waals surface area contributed by atoms with Crippen LogP contribution in [0.4, 0.5) is 5.69 Å². The van der Waals surface area contributed by atoms with Gasteiger partial charge in [0.1, 0.15) is 0 Å². The van der Waals surface area contributed by atoms with E-state index in [-0.39, 0.29) is 0 Å². The summed E-state index contributed by atoms with van der Waals surface area (Å²) in [6, 6.07) is 6.89. The minimum atomic E-state index is 0.487. The molecular weight excluding hydrogens is 292 g/mol. The summed E-state index contributed by atoms with van der Waals surface area (Å²) in [5.41, 5.74) is 2.56. The van der Waals surface area contributed by atoms with Crippen molar-refractivity contribution in [2.75, 3.05) is 32.2 Å². The van der Waals surface area contributed by atoms with E-state index in [4.69, 9.17) is 4.74 Å². The molecule has 0 heterocycles. The van der Waals surface area contributed by atoms with Gasteiger partial charge in [-0.25, -0.2) is 0 Å². The van der Waals surface area contributed by atoms with Crippen LogP contribution in [-0.2, 0) is 11.3 Å². The Morgan fingerprint density at radius 3 is 2.72 bits per heavy atom. The Balaban J connectivity index is 2.81. The molecule has 0 atom stereocenters. The SMILES string of the molecule is COCCN(C)c1ccc(Br)cc1CNC(C)C. The first-order valence-corrected chi connectivity index (χ1v) is 7.05. The van der Waals surface area contributed by atoms with Crippen molar-refractivity contribution in [2.24, 2.45) is 0 Å². The topological polar surface area (TPSA) is 24.5 Å². The van der Waals surface area contributed by atoms with Crippen molar-refractivity contribution in [2.45, 2.75) is 26.4 Å². The number of hydrogen-bond donors (Lipinski definition) is 1. The molecule has 0 amide bonds. The number of likely N-dealkylation sites (N-methyl/N-ethyl adjacent to an activating group) is 1. The van der Waals surface area contributed by atoms with Crippen molar-refractivity contribution < 1.29 is 4.74 Å². The predicted molar refractivity (Wildman–Crippen MR) is 81.3 cm³/mol. The predicted octanol–water partition coefficient (Wildman–Crippen LogP) is 3.03. The highest BCUT2D eigenvalue weighted by molar-refractivity contribution is 9.10. The molecule has 0 bridgehead atoms. The molecular formula is C14H23BrN2O. The largest absolute Gasteiger partial charge is 0.383 e. The van der Waals surface area contributed by atoms with E-state index in [1.165, 1.54) is 11.3 Å². The van der Waals surface area contributed by atoms with Crippen LogP contribution in [0.1, 0.15) is 19.4 Å². The Kier molecular flexibility index (Phi) is 6.68. The van der Waals surface area contributed by atoms with Gasteiger partial charge in [0.25, 0.3) is 0 Å². The Morgan fingerprint density at radius 1 is 1.39 bits per heavy atom. The van der Waals surface area contributed by atoms with Gasteiger partial charge in [0.05, 0.1) is 6.61 Å². The number of nitrogens with one attached hydrogen (secondary N) is 1. The molecule has 3 nitrogen and oxygen atoms in total. The first-order valence-electron chi connectivity index (χ1n) is 6.26. The zero-order chi connectivity index (χ0) is 13.5. The number of methoxy groups -OCH3 is 1. The van der Waals surface area contributed by atoms with E-state index in [2.05, 4.69) is 65.2 Å². The minimum absolute atomic E-state index is 0.487. The third-order valence-electron chi connectivity index (χ3n) is 2.78. The Morgan fingerprint density at radius 2 is 2.11 bits per heavy atom. The molecule has 1 aromatic rings. The van der Waals surface area contributed by atoms with Crippen LogP contribution in [0, 0.1) is 0 Å². The first kappa shape index (κ1) is 15.5. The van der Waals surface area contributed by atoms with Gasteiger partial charge in [-0.2, -0.15) is 0 Å². The number of nitrogens with zero attached hydrogens (tertiary/aromatic N) is 1. The molecule has 0 aliphatic carbocycles. The molecule has 18 heavy (non-hydrogen) atoms. The fraction of sp³-hybridized carbons (Fsp3) is 0.571. The van der Waals surface area contributed by atoms with E-state index in [1.54, 1.807) is 7.11 Å². The summed E-state index contributed by atoms with van der Waals surface area (Å²) in [7, 11) is 3.83. The lowest BCUT2D eigenvalue weighted by Gasteiger charge is -2.23. The number of rotatable bonds is 7. The number of hydrogen-bond acceptors (Lipinski definition) is 3. The number of halogens is 1. The van der Waals surface area contributed by atoms with Crippen molar-refractivity contribution in [1.29, 1.82) is 0 Å². The summed E-state index contributed by atoms with van der Waals surface area (Å²) in [4.78, 5) is 2.23. The van der Waals surface area contributed by atoms with Crippen LogP contribution in [0.3, 0.4) is 0 Å². The van der Waals surface area contributed by atoms with Crippen molar-refractivity contribution in [3.05, 3.63) is 28.2 Å². The molecule has 0 aromatic heterocycles. The summed E-state index contributed by atoms with van der Waals surface area (Å²) >= 11 is 3.53. The Hall–Kier alpha value is -0.580. The highest BCUT2D eigenvalue weighted by Crippen LogP contribution is 2.23. The van der Waals surface area contributed by atoms with Gasteiger partial charge in [-0.15, -0.1) is 0 Å². The summed E-state index contributed by atoms with van der Waals surface area (Å²) in [6.45, 7) is 6.83. The van der Waals surface area contributed by atoms with Crippen LogP contribution < -0.4 is 10.2 Å². The first-order chi connectivity index (χ1) is 8.54. The fourth-order valence-electron chi connectivity index (χ4n) is 1.73. The van der Waals surface area contributed by atoms with Crippen LogP contribution in [0.25, 0.3) is 0 Å². The molecule has 0 aliphatic rings. The third kappa shape index (κ3) is 4.96. The van der Waals surface area contributed by atoms with E-state index in [0.29, 0.717) is 6.04 Å². The molecule has 1 aromatic carbocycles. The van der Waals surface area contributed by atoms with Gasteiger partial charge in [-0.3, -0.25) is 0 Å². The van der Waals surface area contributed by atoms with Gasteiger partial charge in [0.15, 0.2) is 0 Å². The number of anilines is 1. The second-order valence-corrected chi connectivity index (χ2v) is 5.64. The quantitative estimate of drug-likeness (QED) is 0.837. The van der Waals surface area contributed by atoms with Gasteiger partial charge >= 0.3 is 0 Å². The summed E-state index contributed by atoms with van der Waals surface area (Å²) in [5.74, 6) is 0. The second-order valence-electron chi connectivity index (χ2n) is 4.72. The van der Waals surface area contributed by atoms with Gasteiger partial charge in [0.2, 0.25) is 0 Å². The fourth-order valence-corrected chi connectivity index (χ4v) is 2.14. The molecule has 1 N–H and O–H groups in total. The maximum absolute atomic E-state index is 5.13. The zero-order valence-electron chi connectivity index (χ0n) is 11.7. The van der Waals surface area contributed by atoms with Crippen LogP contribution >= 0.6 is 15.9 Å². The molecule has 102 valence electrons. The highest BCUT2D eigenvalue weighted by atomic mass is 79.9. The lowest BCUT2D eigenvalue weighted by molar-refractivity contribution is 0.206. The van der Waals surface area contributed by atoms with Crippen molar-refractivity contribution in [1.82, 2.24) is 5.32 Å². The van der Waals surface area contributed by atoms with Gasteiger partial charge in [-0.05, 0) is 23.8 Å². The maximum atomic E-state index is 5.13. The Labute approximate surface area is 119 Å². The van der Waals surface area contributed by atoms with Gasteiger partial charge in [0, 0.05) is 43.4 Å². The summed E-state index contributed by atoms with van der Waals surface area (Å²) in [5, 5.41) is 3.46. The molecule has 4 heteroatoms. The van der Waals surface area contributed by atoms with Crippen LogP contribution in [-0.4, -0.2) is 33.4 Å². The number of benzene rings is 1. The van der Waals surface area contributed by atoms with Gasteiger partial charge < -0.3 is 15.0 Å². The van der Waals surface area contributed by atoms with Crippen LogP contribution in [0.5, 0.6) is 0 Å². The van der Waals surface area contributed by atoms with E-state index >= 15 is 0 Å². The molecule has 0 saturated carbocycles. The molecule has 0 spiro atoms. The maximum Gasteiger partial charge on any atom is 0.0637 e. The molecule has 0 unspecified atom stereocenters. The molecule has 1 rings (SSSR count). The van der Waals surface area contributed by atoms with E-state index < -0.39 is 0 Å². The lowest BCUT2D eigenvalue weighted by atomic mass is 10.1. The minimum Gasteiger partial charge on any atom is -0.383 e. The van der Waals surface area contributed by atoms with Crippen LogP contribution in [0.2, 0.25) is 0 Å². The second kappa shape index (κ2) is 7.77. The van der Waals surface area contributed by atoms with Crippen molar-refractivity contribution in [3.63, 3.8) is 0 Å². The number of ether oxygens (including phenoxy) is 1. The average molecular weight is 315 g/mol. The monoisotopic (exact) mass is 314 g/mol. The summed E-state index contributed by atoms with van der Waals surface area (Å²) in [6.07, 6.45) is 0. The average Bonchev–Trinajstić information content (AvgIpc) is 2.33. The Bertz CT molecular complexity index is 369. The lowest BCUT2D eigenvalue weighted by Crippen LogP contribution is -2.26. The summed E-state index contributed by atoms with van der Waals surface area (Å²) < 4.78 is 6.25. The molecule has 0 fully saturated rings. The molecule has 0 radical (unpaired) electrons. The normalized spacial score (nSPS) is 11.0. The van der Waals surface area contributed by atoms with Gasteiger partial charge in [-0.1, -0.05) is 29.8 Å². The molecule has 0 aliphatic heterocycles. The van der Waals surface area contributed by atoms with E-state index in [9.17, 15) is 0 Å². The van der Waals surface area contributed by atoms with Crippen molar-refractivity contribution in [3.8, 4) is 0 Å². The standard InChI is InChI=1S/C14H23BrN2O/c1-11(2)16-10-12-9-13(15)5-6-14(12)17(3)7-8-18-4/h5-6,9,11,16H,7-8,10H2,1-4H3. The van der Waals surface area contributed by atoms with E-state index in [1.807, 2.05) is 0 Å². The van der Waals surface area contributed by atoms with Crippen molar-refractivity contribution >= 4 is 21.6 Å². The highest BCUT2D eigenvalue weighted by Gasteiger charge is 2.08. The van der Waals surface area contributed by atoms with Crippen LogP contribution in [0.15, 0.2) is 22.7 Å². The smallest absolute Gasteiger partial charge is 0.0637 e. The molecule has 0 saturated heterocycles. The zero-order valence-corrected chi connectivity index (χ0v) is 13.3.